The second-order valence-electron chi connectivity index (χ2n) is 4.04. The van der Waals surface area contributed by atoms with E-state index in [1.165, 1.54) is 12.1 Å². The normalized spacial score (nSPS) is 10.2. The largest absolute Gasteiger partial charge is 0.493 e. The van der Waals surface area contributed by atoms with Crippen molar-refractivity contribution < 1.29 is 13.9 Å². The van der Waals surface area contributed by atoms with Crippen molar-refractivity contribution in [1.82, 2.24) is 0 Å². The van der Waals surface area contributed by atoms with E-state index in [-0.39, 0.29) is 5.82 Å². The minimum Gasteiger partial charge on any atom is -0.493 e. The summed E-state index contributed by atoms with van der Waals surface area (Å²) in [5, 5.41) is 3.12. The molecule has 0 atom stereocenters. The van der Waals surface area contributed by atoms with Crippen LogP contribution in [0.3, 0.4) is 0 Å². The number of nitrogen functional groups attached to an aromatic ring is 1. The van der Waals surface area contributed by atoms with Gasteiger partial charge in [0, 0.05) is 16.6 Å². The summed E-state index contributed by atoms with van der Waals surface area (Å²) in [4.78, 5) is 0. The lowest BCUT2D eigenvalue weighted by molar-refractivity contribution is 0.355. The topological polar surface area (TPSA) is 56.5 Å². The van der Waals surface area contributed by atoms with Crippen molar-refractivity contribution in [3.8, 4) is 11.5 Å². The van der Waals surface area contributed by atoms with Crippen molar-refractivity contribution in [2.45, 2.75) is 0 Å². The third-order valence-corrected chi connectivity index (χ3v) is 3.41. The van der Waals surface area contributed by atoms with Gasteiger partial charge in [-0.15, -0.1) is 0 Å². The van der Waals surface area contributed by atoms with Gasteiger partial charge in [-0.1, -0.05) is 0 Å². The Balaban J connectivity index is 2.38. The molecule has 106 valence electrons. The highest BCUT2D eigenvalue weighted by molar-refractivity contribution is 9.10. The monoisotopic (exact) mass is 340 g/mol. The SMILES string of the molecule is COc1cc(N)c(Nc2ccc(F)cc2Br)cc1OC. The fraction of sp³-hybridized carbons (Fsp3) is 0.143. The van der Waals surface area contributed by atoms with Crippen LogP contribution >= 0.6 is 15.9 Å². The molecular formula is C14H14BrFN2O2. The van der Waals surface area contributed by atoms with E-state index < -0.39 is 0 Å². The van der Waals surface area contributed by atoms with Gasteiger partial charge in [0.05, 0.1) is 31.3 Å². The molecule has 0 saturated heterocycles. The number of nitrogens with one attached hydrogen (secondary N) is 1. The molecule has 4 nitrogen and oxygen atoms in total. The maximum absolute atomic E-state index is 13.1. The highest BCUT2D eigenvalue weighted by atomic mass is 79.9. The smallest absolute Gasteiger partial charge is 0.162 e. The Hall–Kier alpha value is -1.95. The fourth-order valence-electron chi connectivity index (χ4n) is 1.74. The van der Waals surface area contributed by atoms with Gasteiger partial charge in [0.1, 0.15) is 5.82 Å². The van der Waals surface area contributed by atoms with Gasteiger partial charge in [-0.3, -0.25) is 0 Å². The second-order valence-corrected chi connectivity index (χ2v) is 4.90. The third kappa shape index (κ3) is 2.96. The van der Waals surface area contributed by atoms with Gasteiger partial charge in [-0.05, 0) is 34.1 Å². The predicted molar refractivity (Wildman–Crippen MR) is 81.3 cm³/mol. The van der Waals surface area contributed by atoms with E-state index in [0.29, 0.717) is 33.0 Å². The average molecular weight is 341 g/mol. The molecule has 2 aromatic carbocycles. The number of halogens is 2. The summed E-state index contributed by atoms with van der Waals surface area (Å²) < 4.78 is 24.1. The molecule has 0 amide bonds. The zero-order chi connectivity index (χ0) is 14.7. The fourth-order valence-corrected chi connectivity index (χ4v) is 2.19. The molecule has 0 aliphatic heterocycles. The Bertz CT molecular complexity index is 635. The Kier molecular flexibility index (Phi) is 4.34. The first kappa shape index (κ1) is 14.5. The van der Waals surface area contributed by atoms with E-state index in [1.54, 1.807) is 32.4 Å². The number of methoxy groups -OCH3 is 2. The van der Waals surface area contributed by atoms with Crippen molar-refractivity contribution in [1.29, 1.82) is 0 Å². The molecular weight excluding hydrogens is 327 g/mol. The Labute approximate surface area is 124 Å². The summed E-state index contributed by atoms with van der Waals surface area (Å²) in [5.74, 6) is 0.791. The number of anilines is 3. The van der Waals surface area contributed by atoms with Crippen LogP contribution < -0.4 is 20.5 Å². The first-order valence-electron chi connectivity index (χ1n) is 5.78. The van der Waals surface area contributed by atoms with Gasteiger partial charge in [0.15, 0.2) is 11.5 Å². The van der Waals surface area contributed by atoms with E-state index in [9.17, 15) is 4.39 Å². The van der Waals surface area contributed by atoms with Crippen molar-refractivity contribution >= 4 is 33.0 Å². The molecule has 20 heavy (non-hydrogen) atoms. The zero-order valence-corrected chi connectivity index (χ0v) is 12.6. The first-order chi connectivity index (χ1) is 9.55. The van der Waals surface area contributed by atoms with Crippen LogP contribution in [-0.2, 0) is 0 Å². The molecule has 0 fully saturated rings. The van der Waals surface area contributed by atoms with E-state index in [4.69, 9.17) is 15.2 Å². The molecule has 0 spiro atoms. The molecule has 2 rings (SSSR count). The number of benzene rings is 2. The van der Waals surface area contributed by atoms with E-state index >= 15 is 0 Å². The maximum atomic E-state index is 13.1. The molecule has 0 saturated carbocycles. The number of nitrogens with two attached hydrogens (primary N) is 1. The molecule has 0 aromatic heterocycles. The van der Waals surface area contributed by atoms with Gasteiger partial charge in [-0.25, -0.2) is 4.39 Å². The van der Waals surface area contributed by atoms with Gasteiger partial charge in [0.2, 0.25) is 0 Å². The Morgan fingerprint density at radius 3 is 2.30 bits per heavy atom. The first-order valence-corrected chi connectivity index (χ1v) is 6.58. The maximum Gasteiger partial charge on any atom is 0.162 e. The highest BCUT2D eigenvalue weighted by Crippen LogP contribution is 2.37. The minimum absolute atomic E-state index is 0.317. The summed E-state index contributed by atoms with van der Waals surface area (Å²) in [5.41, 5.74) is 7.81. The molecule has 0 aliphatic rings. The van der Waals surface area contributed by atoms with Gasteiger partial charge >= 0.3 is 0 Å². The average Bonchev–Trinajstić information content (AvgIpc) is 2.43. The van der Waals surface area contributed by atoms with Gasteiger partial charge < -0.3 is 20.5 Å². The number of hydrogen-bond acceptors (Lipinski definition) is 4. The van der Waals surface area contributed by atoms with Crippen LogP contribution in [0.5, 0.6) is 11.5 Å². The molecule has 0 heterocycles. The van der Waals surface area contributed by atoms with Crippen molar-refractivity contribution in [2.75, 3.05) is 25.3 Å². The molecule has 3 N–H and O–H groups in total. The van der Waals surface area contributed by atoms with Crippen LogP contribution in [0.4, 0.5) is 21.5 Å². The summed E-state index contributed by atoms with van der Waals surface area (Å²) in [6, 6.07) is 7.75. The van der Waals surface area contributed by atoms with E-state index in [2.05, 4.69) is 21.2 Å². The lowest BCUT2D eigenvalue weighted by atomic mass is 10.2. The number of ether oxygens (including phenoxy) is 2. The number of hydrogen-bond donors (Lipinski definition) is 2. The molecule has 0 aliphatic carbocycles. The van der Waals surface area contributed by atoms with Crippen molar-refractivity contribution in [3.63, 3.8) is 0 Å². The Morgan fingerprint density at radius 1 is 1.05 bits per heavy atom. The third-order valence-electron chi connectivity index (χ3n) is 2.76. The summed E-state index contributed by atoms with van der Waals surface area (Å²) >= 11 is 3.29. The van der Waals surface area contributed by atoms with Crippen molar-refractivity contribution in [2.24, 2.45) is 0 Å². The van der Waals surface area contributed by atoms with Crippen LogP contribution in [0.1, 0.15) is 0 Å². The number of rotatable bonds is 4. The van der Waals surface area contributed by atoms with Crippen LogP contribution in [0.2, 0.25) is 0 Å². The highest BCUT2D eigenvalue weighted by Gasteiger charge is 2.10. The Morgan fingerprint density at radius 2 is 1.70 bits per heavy atom. The van der Waals surface area contributed by atoms with Gasteiger partial charge in [-0.2, -0.15) is 0 Å². The zero-order valence-electron chi connectivity index (χ0n) is 11.0. The molecule has 0 bridgehead atoms. The lowest BCUT2D eigenvalue weighted by Gasteiger charge is -2.15. The summed E-state index contributed by atoms with van der Waals surface area (Å²) in [6.45, 7) is 0. The second kappa shape index (κ2) is 6.00. The molecule has 2 aromatic rings. The van der Waals surface area contributed by atoms with Crippen LogP contribution in [-0.4, -0.2) is 14.2 Å². The van der Waals surface area contributed by atoms with E-state index in [0.717, 1.165) is 0 Å². The van der Waals surface area contributed by atoms with E-state index in [1.807, 2.05) is 0 Å². The molecule has 0 unspecified atom stereocenters. The van der Waals surface area contributed by atoms with Crippen LogP contribution in [0, 0.1) is 5.82 Å². The van der Waals surface area contributed by atoms with Crippen molar-refractivity contribution in [3.05, 3.63) is 40.6 Å². The molecule has 6 heteroatoms. The predicted octanol–water partition coefficient (Wildman–Crippen LogP) is 3.93. The van der Waals surface area contributed by atoms with Crippen LogP contribution in [0.15, 0.2) is 34.8 Å². The summed E-state index contributed by atoms with van der Waals surface area (Å²) in [6.07, 6.45) is 0. The quantitative estimate of drug-likeness (QED) is 0.828. The lowest BCUT2D eigenvalue weighted by Crippen LogP contribution is -2.00. The standard InChI is InChI=1S/C14H14BrFN2O2/c1-19-13-6-10(17)12(7-14(13)20-2)18-11-4-3-8(16)5-9(11)15/h3-7,18H,17H2,1-2H3. The summed E-state index contributed by atoms with van der Waals surface area (Å²) in [7, 11) is 3.09. The molecule has 0 radical (unpaired) electrons. The van der Waals surface area contributed by atoms with Gasteiger partial charge in [0.25, 0.3) is 0 Å². The minimum atomic E-state index is -0.317. The van der Waals surface area contributed by atoms with Crippen LogP contribution in [0.25, 0.3) is 0 Å².